The maximum atomic E-state index is 5.83. The number of benzene rings is 1. The van der Waals surface area contributed by atoms with Crippen molar-refractivity contribution in [2.75, 3.05) is 18.0 Å². The van der Waals surface area contributed by atoms with Crippen molar-refractivity contribution in [3.63, 3.8) is 0 Å². The molecule has 0 radical (unpaired) electrons. The molecule has 2 N–H and O–H groups in total. The maximum Gasteiger partial charge on any atom is 0.106 e. The SMILES string of the molecule is Cc1cccc(C(N)=S)c1N1CCCC(C)C1. The molecule has 0 amide bonds. The maximum absolute atomic E-state index is 5.83. The Morgan fingerprint density at radius 2 is 2.24 bits per heavy atom. The average Bonchev–Trinajstić information content (AvgIpc) is 2.28. The molecule has 0 aliphatic carbocycles. The fraction of sp³-hybridized carbons (Fsp3) is 0.500. The number of hydrogen-bond donors (Lipinski definition) is 1. The second-order valence-corrected chi connectivity index (χ2v) is 5.47. The van der Waals surface area contributed by atoms with Gasteiger partial charge in [-0.15, -0.1) is 0 Å². The lowest BCUT2D eigenvalue weighted by Crippen LogP contribution is -2.36. The summed E-state index contributed by atoms with van der Waals surface area (Å²) in [5.74, 6) is 0.752. The van der Waals surface area contributed by atoms with Crippen LogP contribution in [0.2, 0.25) is 0 Å². The minimum absolute atomic E-state index is 0.502. The standard InChI is InChI=1S/C14H20N2S/c1-10-5-4-8-16(9-10)13-11(2)6-3-7-12(13)14(15)17/h3,6-7,10H,4-5,8-9H2,1-2H3,(H2,15,17). The first-order valence-corrected chi connectivity index (χ1v) is 6.64. The zero-order valence-electron chi connectivity index (χ0n) is 10.6. The topological polar surface area (TPSA) is 29.3 Å². The second-order valence-electron chi connectivity index (χ2n) is 5.03. The van der Waals surface area contributed by atoms with Crippen molar-refractivity contribution in [2.24, 2.45) is 11.7 Å². The first kappa shape index (κ1) is 12.4. The Morgan fingerprint density at radius 3 is 2.88 bits per heavy atom. The molecule has 3 heteroatoms. The number of nitrogens with two attached hydrogens (primary N) is 1. The Hall–Kier alpha value is -1.09. The van der Waals surface area contributed by atoms with Crippen LogP contribution in [0.4, 0.5) is 5.69 Å². The third kappa shape index (κ3) is 2.60. The van der Waals surface area contributed by atoms with Crippen molar-refractivity contribution in [1.82, 2.24) is 0 Å². The number of piperidine rings is 1. The summed E-state index contributed by atoms with van der Waals surface area (Å²) in [4.78, 5) is 2.94. The van der Waals surface area contributed by atoms with Crippen molar-refractivity contribution >= 4 is 22.9 Å². The van der Waals surface area contributed by atoms with Crippen LogP contribution in [0.1, 0.15) is 30.9 Å². The number of anilines is 1. The van der Waals surface area contributed by atoms with E-state index < -0.39 is 0 Å². The molecule has 0 aromatic heterocycles. The molecule has 0 bridgehead atoms. The minimum Gasteiger partial charge on any atom is -0.389 e. The number of rotatable bonds is 2. The molecule has 2 rings (SSSR count). The van der Waals surface area contributed by atoms with Crippen molar-refractivity contribution in [3.05, 3.63) is 29.3 Å². The van der Waals surface area contributed by atoms with Crippen LogP contribution in [-0.4, -0.2) is 18.1 Å². The Bertz CT molecular complexity index is 428. The first-order valence-electron chi connectivity index (χ1n) is 6.24. The zero-order chi connectivity index (χ0) is 12.4. The lowest BCUT2D eigenvalue weighted by Gasteiger charge is -2.35. The van der Waals surface area contributed by atoms with E-state index in [2.05, 4.69) is 24.8 Å². The number of para-hydroxylation sites is 1. The summed E-state index contributed by atoms with van der Waals surface area (Å²) < 4.78 is 0. The van der Waals surface area contributed by atoms with Gasteiger partial charge in [-0.2, -0.15) is 0 Å². The van der Waals surface area contributed by atoms with Crippen molar-refractivity contribution in [3.8, 4) is 0 Å². The molecule has 1 saturated heterocycles. The highest BCUT2D eigenvalue weighted by Gasteiger charge is 2.20. The third-order valence-electron chi connectivity index (χ3n) is 3.48. The molecule has 2 nitrogen and oxygen atoms in total. The van der Waals surface area contributed by atoms with Gasteiger partial charge in [0.25, 0.3) is 0 Å². The van der Waals surface area contributed by atoms with E-state index in [1.54, 1.807) is 0 Å². The molecule has 1 aromatic rings. The summed E-state index contributed by atoms with van der Waals surface area (Å²) in [6, 6.07) is 6.20. The van der Waals surface area contributed by atoms with Gasteiger partial charge in [-0.1, -0.05) is 31.3 Å². The van der Waals surface area contributed by atoms with Crippen LogP contribution in [0.5, 0.6) is 0 Å². The van der Waals surface area contributed by atoms with Gasteiger partial charge in [-0.3, -0.25) is 0 Å². The fourth-order valence-corrected chi connectivity index (χ4v) is 2.83. The molecule has 1 aromatic carbocycles. The van der Waals surface area contributed by atoms with Gasteiger partial charge in [0.05, 0.1) is 0 Å². The average molecular weight is 248 g/mol. The highest BCUT2D eigenvalue weighted by atomic mass is 32.1. The smallest absolute Gasteiger partial charge is 0.106 e. The summed E-state index contributed by atoms with van der Waals surface area (Å²) in [6.07, 6.45) is 2.58. The van der Waals surface area contributed by atoms with Crippen LogP contribution in [-0.2, 0) is 0 Å². The molecule has 1 heterocycles. The van der Waals surface area contributed by atoms with Gasteiger partial charge in [0, 0.05) is 24.3 Å². The highest BCUT2D eigenvalue weighted by molar-refractivity contribution is 7.80. The zero-order valence-corrected chi connectivity index (χ0v) is 11.4. The summed E-state index contributed by atoms with van der Waals surface area (Å²) in [6.45, 7) is 6.67. The molecule has 1 unspecified atom stereocenters. The van der Waals surface area contributed by atoms with Crippen LogP contribution in [0.25, 0.3) is 0 Å². The number of thiocarbonyl (C=S) groups is 1. The van der Waals surface area contributed by atoms with E-state index in [1.165, 1.54) is 24.1 Å². The summed E-state index contributed by atoms with van der Waals surface area (Å²) >= 11 is 5.16. The fourth-order valence-electron chi connectivity index (χ4n) is 2.67. The first-order chi connectivity index (χ1) is 8.09. The summed E-state index contributed by atoms with van der Waals surface area (Å²) in [7, 11) is 0. The molecule has 0 saturated carbocycles. The number of hydrogen-bond acceptors (Lipinski definition) is 2. The molecule has 1 aliphatic heterocycles. The molecular weight excluding hydrogens is 228 g/mol. The second kappa shape index (κ2) is 5.05. The van der Waals surface area contributed by atoms with E-state index in [-0.39, 0.29) is 0 Å². The Morgan fingerprint density at radius 1 is 1.47 bits per heavy atom. The van der Waals surface area contributed by atoms with Crippen molar-refractivity contribution in [1.29, 1.82) is 0 Å². The van der Waals surface area contributed by atoms with Gasteiger partial charge in [-0.25, -0.2) is 0 Å². The van der Waals surface area contributed by atoms with Gasteiger partial charge in [0.2, 0.25) is 0 Å². The van der Waals surface area contributed by atoms with E-state index in [0.29, 0.717) is 4.99 Å². The lowest BCUT2D eigenvalue weighted by atomic mass is 9.97. The normalized spacial score (nSPS) is 20.4. The predicted molar refractivity (Wildman–Crippen MR) is 77.7 cm³/mol. The minimum atomic E-state index is 0.502. The molecular formula is C14H20N2S. The van der Waals surface area contributed by atoms with E-state index in [4.69, 9.17) is 18.0 Å². The van der Waals surface area contributed by atoms with Crippen LogP contribution in [0.15, 0.2) is 18.2 Å². The Balaban J connectivity index is 2.39. The lowest BCUT2D eigenvalue weighted by molar-refractivity contribution is 0.446. The highest BCUT2D eigenvalue weighted by Crippen LogP contribution is 2.29. The molecule has 92 valence electrons. The van der Waals surface area contributed by atoms with E-state index >= 15 is 0 Å². The quantitative estimate of drug-likeness (QED) is 0.816. The van der Waals surface area contributed by atoms with E-state index in [1.807, 2.05) is 12.1 Å². The predicted octanol–water partition coefficient (Wildman–Crippen LogP) is 2.87. The third-order valence-corrected chi connectivity index (χ3v) is 3.70. The molecule has 0 spiro atoms. The summed E-state index contributed by atoms with van der Waals surface area (Å²) in [5, 5.41) is 0. The Kier molecular flexibility index (Phi) is 3.67. The van der Waals surface area contributed by atoms with Crippen LogP contribution < -0.4 is 10.6 Å². The van der Waals surface area contributed by atoms with Crippen LogP contribution >= 0.6 is 12.2 Å². The molecule has 1 aliphatic rings. The number of nitrogens with zero attached hydrogens (tertiary/aromatic N) is 1. The van der Waals surface area contributed by atoms with Gasteiger partial charge in [-0.05, 0) is 37.3 Å². The van der Waals surface area contributed by atoms with E-state index in [0.717, 1.165) is 24.6 Å². The molecule has 1 fully saturated rings. The van der Waals surface area contributed by atoms with E-state index in [9.17, 15) is 0 Å². The largest absolute Gasteiger partial charge is 0.389 e. The van der Waals surface area contributed by atoms with Gasteiger partial charge >= 0.3 is 0 Å². The van der Waals surface area contributed by atoms with Gasteiger partial charge in [0.15, 0.2) is 0 Å². The molecule has 1 atom stereocenters. The van der Waals surface area contributed by atoms with Crippen LogP contribution in [0, 0.1) is 12.8 Å². The Labute approximate surface area is 109 Å². The van der Waals surface area contributed by atoms with Crippen LogP contribution in [0.3, 0.4) is 0 Å². The summed E-state index contributed by atoms with van der Waals surface area (Å²) in [5.41, 5.74) is 9.36. The van der Waals surface area contributed by atoms with Crippen molar-refractivity contribution < 1.29 is 0 Å². The molecule has 17 heavy (non-hydrogen) atoms. The van der Waals surface area contributed by atoms with Crippen molar-refractivity contribution in [2.45, 2.75) is 26.7 Å². The number of aryl methyl sites for hydroxylation is 1. The van der Waals surface area contributed by atoms with Gasteiger partial charge < -0.3 is 10.6 Å². The van der Waals surface area contributed by atoms with Gasteiger partial charge in [0.1, 0.15) is 4.99 Å². The monoisotopic (exact) mass is 248 g/mol.